The van der Waals surface area contributed by atoms with Crippen molar-refractivity contribution in [2.45, 2.75) is 13.5 Å². The predicted molar refractivity (Wildman–Crippen MR) is 87.0 cm³/mol. The topological polar surface area (TPSA) is 40.7 Å². The third-order valence-corrected chi connectivity index (χ3v) is 3.69. The number of hydrogen-bond donors (Lipinski definition) is 2. The van der Waals surface area contributed by atoms with Gasteiger partial charge in [0.25, 0.3) is 0 Å². The molecular formula is C18H19N3. The minimum absolute atomic E-state index is 0.818. The summed E-state index contributed by atoms with van der Waals surface area (Å²) in [7, 11) is 1.95. The summed E-state index contributed by atoms with van der Waals surface area (Å²) in [5.74, 6) is 0. The van der Waals surface area contributed by atoms with E-state index < -0.39 is 0 Å². The summed E-state index contributed by atoms with van der Waals surface area (Å²) in [5, 5.41) is 10.7. The molecule has 0 fully saturated rings. The molecule has 0 amide bonds. The molecule has 3 nitrogen and oxygen atoms in total. The van der Waals surface area contributed by atoms with E-state index in [0.29, 0.717) is 0 Å². The molecule has 0 bridgehead atoms. The number of aryl methyl sites for hydroxylation is 1. The molecule has 0 spiro atoms. The lowest BCUT2D eigenvalue weighted by Crippen LogP contribution is -2.06. The van der Waals surface area contributed by atoms with Gasteiger partial charge >= 0.3 is 0 Å². The Bertz CT molecular complexity index is 712. The number of hydrogen-bond acceptors (Lipinski definition) is 2. The maximum atomic E-state index is 4.44. The summed E-state index contributed by atoms with van der Waals surface area (Å²) in [4.78, 5) is 0. The molecule has 0 saturated heterocycles. The Morgan fingerprint density at radius 3 is 2.19 bits per heavy atom. The Morgan fingerprint density at radius 2 is 1.52 bits per heavy atom. The molecule has 3 heteroatoms. The van der Waals surface area contributed by atoms with Gasteiger partial charge in [-0.1, -0.05) is 54.6 Å². The minimum atomic E-state index is 0.818. The first-order valence-corrected chi connectivity index (χ1v) is 7.14. The maximum absolute atomic E-state index is 4.44. The van der Waals surface area contributed by atoms with Crippen LogP contribution in [0.25, 0.3) is 22.4 Å². The molecule has 0 unspecified atom stereocenters. The molecule has 2 N–H and O–H groups in total. The monoisotopic (exact) mass is 277 g/mol. The largest absolute Gasteiger partial charge is 0.316 e. The lowest BCUT2D eigenvalue weighted by atomic mass is 10.0. The molecular weight excluding hydrogens is 258 g/mol. The fourth-order valence-electron chi connectivity index (χ4n) is 2.54. The number of aromatic amines is 1. The Kier molecular flexibility index (Phi) is 3.84. The summed E-state index contributed by atoms with van der Waals surface area (Å²) in [6.45, 7) is 2.87. The van der Waals surface area contributed by atoms with Gasteiger partial charge in [0.15, 0.2) is 0 Å². The summed E-state index contributed by atoms with van der Waals surface area (Å²) in [5.41, 5.74) is 6.97. The highest BCUT2D eigenvalue weighted by Gasteiger charge is 2.11. The zero-order chi connectivity index (χ0) is 14.7. The molecule has 0 aliphatic rings. The average molecular weight is 277 g/mol. The van der Waals surface area contributed by atoms with Crippen LogP contribution in [-0.2, 0) is 6.54 Å². The molecule has 1 aromatic heterocycles. The number of nitrogens with one attached hydrogen (secondary N) is 2. The van der Waals surface area contributed by atoms with E-state index >= 15 is 0 Å². The maximum Gasteiger partial charge on any atom is 0.0968 e. The molecule has 0 aliphatic heterocycles. The van der Waals surface area contributed by atoms with E-state index in [2.05, 4.69) is 71.0 Å². The van der Waals surface area contributed by atoms with E-state index in [0.717, 1.165) is 23.5 Å². The van der Waals surface area contributed by atoms with Crippen molar-refractivity contribution in [2.24, 2.45) is 0 Å². The van der Waals surface area contributed by atoms with Gasteiger partial charge in [0, 0.05) is 23.4 Å². The van der Waals surface area contributed by atoms with Crippen molar-refractivity contribution in [3.63, 3.8) is 0 Å². The number of nitrogens with zero attached hydrogens (tertiary/aromatic N) is 1. The van der Waals surface area contributed by atoms with Crippen molar-refractivity contribution in [1.29, 1.82) is 0 Å². The summed E-state index contributed by atoms with van der Waals surface area (Å²) >= 11 is 0. The quantitative estimate of drug-likeness (QED) is 0.762. The standard InChI is InChI=1S/C18H19N3/c1-13-17(12-19-2)18(21-20-13)16-10-8-15(9-11-16)14-6-4-3-5-7-14/h3-11,19H,12H2,1-2H3,(H,20,21). The lowest BCUT2D eigenvalue weighted by Gasteiger charge is -2.05. The first-order chi connectivity index (χ1) is 10.3. The van der Waals surface area contributed by atoms with Crippen LogP contribution in [0.3, 0.4) is 0 Å². The SMILES string of the molecule is CNCc1c(-c2ccc(-c3ccccc3)cc2)n[nH]c1C. The van der Waals surface area contributed by atoms with Crippen LogP contribution in [0.2, 0.25) is 0 Å². The van der Waals surface area contributed by atoms with Crippen LogP contribution in [0, 0.1) is 6.92 Å². The van der Waals surface area contributed by atoms with Gasteiger partial charge in [0.2, 0.25) is 0 Å². The van der Waals surface area contributed by atoms with Crippen molar-refractivity contribution in [1.82, 2.24) is 15.5 Å². The smallest absolute Gasteiger partial charge is 0.0968 e. The Morgan fingerprint density at radius 1 is 0.905 bits per heavy atom. The number of rotatable bonds is 4. The van der Waals surface area contributed by atoms with Crippen LogP contribution >= 0.6 is 0 Å². The molecule has 1 heterocycles. The third kappa shape index (κ3) is 2.73. The predicted octanol–water partition coefficient (Wildman–Crippen LogP) is 3.77. The van der Waals surface area contributed by atoms with Gasteiger partial charge in [-0.15, -0.1) is 0 Å². The molecule has 21 heavy (non-hydrogen) atoms. The van der Waals surface area contributed by atoms with E-state index in [9.17, 15) is 0 Å². The fraction of sp³-hybridized carbons (Fsp3) is 0.167. The Labute approximate surface area is 125 Å². The van der Waals surface area contributed by atoms with Gasteiger partial charge in [-0.2, -0.15) is 5.10 Å². The van der Waals surface area contributed by atoms with Crippen LogP contribution in [0.1, 0.15) is 11.3 Å². The lowest BCUT2D eigenvalue weighted by molar-refractivity contribution is 0.813. The summed E-state index contributed by atoms with van der Waals surface area (Å²) in [6.07, 6.45) is 0. The van der Waals surface area contributed by atoms with Gasteiger partial charge in [-0.05, 0) is 25.1 Å². The van der Waals surface area contributed by atoms with E-state index in [1.807, 2.05) is 13.1 Å². The normalized spacial score (nSPS) is 10.8. The molecule has 3 rings (SSSR count). The number of aromatic nitrogens is 2. The van der Waals surface area contributed by atoms with Gasteiger partial charge in [0.05, 0.1) is 5.69 Å². The summed E-state index contributed by atoms with van der Waals surface area (Å²) in [6, 6.07) is 19.0. The number of H-pyrrole nitrogens is 1. The zero-order valence-electron chi connectivity index (χ0n) is 12.4. The molecule has 2 aromatic carbocycles. The first kappa shape index (κ1) is 13.6. The highest BCUT2D eigenvalue weighted by molar-refractivity contribution is 5.70. The van der Waals surface area contributed by atoms with Crippen molar-refractivity contribution in [2.75, 3.05) is 7.05 Å². The molecule has 0 atom stereocenters. The van der Waals surface area contributed by atoms with E-state index in [-0.39, 0.29) is 0 Å². The van der Waals surface area contributed by atoms with Crippen LogP contribution in [0.5, 0.6) is 0 Å². The zero-order valence-corrected chi connectivity index (χ0v) is 12.4. The van der Waals surface area contributed by atoms with Crippen molar-refractivity contribution in [3.8, 4) is 22.4 Å². The van der Waals surface area contributed by atoms with Crippen LogP contribution in [-0.4, -0.2) is 17.2 Å². The van der Waals surface area contributed by atoms with E-state index in [1.165, 1.54) is 16.7 Å². The van der Waals surface area contributed by atoms with Crippen molar-refractivity contribution >= 4 is 0 Å². The minimum Gasteiger partial charge on any atom is -0.316 e. The second kappa shape index (κ2) is 5.94. The molecule has 106 valence electrons. The highest BCUT2D eigenvalue weighted by Crippen LogP contribution is 2.26. The Hall–Kier alpha value is -2.39. The van der Waals surface area contributed by atoms with Crippen LogP contribution < -0.4 is 5.32 Å². The van der Waals surface area contributed by atoms with Gasteiger partial charge in [0.1, 0.15) is 0 Å². The second-order valence-corrected chi connectivity index (χ2v) is 5.15. The average Bonchev–Trinajstić information content (AvgIpc) is 2.90. The van der Waals surface area contributed by atoms with Crippen molar-refractivity contribution < 1.29 is 0 Å². The van der Waals surface area contributed by atoms with Crippen molar-refractivity contribution in [3.05, 3.63) is 65.9 Å². The van der Waals surface area contributed by atoms with Gasteiger partial charge < -0.3 is 5.32 Å². The van der Waals surface area contributed by atoms with E-state index in [4.69, 9.17) is 0 Å². The molecule has 0 radical (unpaired) electrons. The van der Waals surface area contributed by atoms with E-state index in [1.54, 1.807) is 0 Å². The third-order valence-electron chi connectivity index (χ3n) is 3.69. The van der Waals surface area contributed by atoms with Gasteiger partial charge in [-0.25, -0.2) is 0 Å². The van der Waals surface area contributed by atoms with Gasteiger partial charge in [-0.3, -0.25) is 5.10 Å². The number of benzene rings is 2. The van der Waals surface area contributed by atoms with Crippen LogP contribution in [0.15, 0.2) is 54.6 Å². The summed E-state index contributed by atoms with van der Waals surface area (Å²) < 4.78 is 0. The molecule has 0 saturated carbocycles. The highest BCUT2D eigenvalue weighted by atomic mass is 15.1. The van der Waals surface area contributed by atoms with Crippen LogP contribution in [0.4, 0.5) is 0 Å². The Balaban J connectivity index is 1.95. The molecule has 3 aromatic rings. The second-order valence-electron chi connectivity index (χ2n) is 5.15. The first-order valence-electron chi connectivity index (χ1n) is 7.14. The molecule has 0 aliphatic carbocycles. The fourth-order valence-corrected chi connectivity index (χ4v) is 2.54.